The zero-order chi connectivity index (χ0) is 34.6. The minimum atomic E-state index is 0.713. The van der Waals surface area contributed by atoms with Crippen LogP contribution in [0.25, 0.3) is 108 Å². The predicted molar refractivity (Wildman–Crippen MR) is 224 cm³/mol. The summed E-state index contributed by atoms with van der Waals surface area (Å²) in [6.07, 6.45) is 0. The molecule has 0 spiro atoms. The van der Waals surface area contributed by atoms with Gasteiger partial charge in [-0.15, -0.1) is 11.3 Å². The first kappa shape index (κ1) is 28.8. The average Bonchev–Trinajstić information content (AvgIpc) is 3.86. The maximum atomic E-state index is 5.57. The second-order valence-corrected chi connectivity index (χ2v) is 14.9. The van der Waals surface area contributed by atoms with Crippen molar-refractivity contribution in [3.63, 3.8) is 0 Å². The number of para-hydroxylation sites is 3. The molecule has 4 nitrogen and oxygen atoms in total. The van der Waals surface area contributed by atoms with E-state index in [-0.39, 0.29) is 0 Å². The molecule has 4 aromatic heterocycles. The van der Waals surface area contributed by atoms with Crippen LogP contribution in [-0.4, -0.2) is 19.1 Å². The molecule has 0 aliphatic heterocycles. The Morgan fingerprint density at radius 1 is 0.396 bits per heavy atom. The fourth-order valence-electron chi connectivity index (χ4n) is 8.45. The van der Waals surface area contributed by atoms with Crippen LogP contribution >= 0.6 is 11.3 Å². The number of hydrogen-bond acceptors (Lipinski definition) is 3. The minimum absolute atomic E-state index is 0.713. The van der Waals surface area contributed by atoms with Crippen LogP contribution in [0.15, 0.2) is 170 Å². The summed E-state index contributed by atoms with van der Waals surface area (Å²) >= 11 is 1.78. The van der Waals surface area contributed by atoms with Crippen molar-refractivity contribution in [3.05, 3.63) is 170 Å². The second-order valence-electron chi connectivity index (χ2n) is 13.8. The first-order valence-electron chi connectivity index (χ1n) is 17.9. The van der Waals surface area contributed by atoms with Crippen LogP contribution in [0, 0.1) is 0 Å². The summed E-state index contributed by atoms with van der Waals surface area (Å²) < 4.78 is 7.01. The lowest BCUT2D eigenvalue weighted by atomic mass is 10.1. The summed E-state index contributed by atoms with van der Waals surface area (Å²) in [4.78, 5) is 11.0. The van der Waals surface area contributed by atoms with Crippen molar-refractivity contribution in [3.8, 4) is 22.9 Å². The molecule has 53 heavy (non-hydrogen) atoms. The number of nitrogens with zero attached hydrogens (tertiary/aromatic N) is 4. The Morgan fingerprint density at radius 3 is 1.70 bits per heavy atom. The highest BCUT2D eigenvalue weighted by molar-refractivity contribution is 7.26. The molecule has 0 radical (unpaired) electrons. The van der Waals surface area contributed by atoms with E-state index in [0.29, 0.717) is 5.82 Å². The van der Waals surface area contributed by atoms with Crippen LogP contribution in [0.4, 0.5) is 0 Å². The summed E-state index contributed by atoms with van der Waals surface area (Å²) in [6.45, 7) is 0. The Bertz CT molecular complexity index is 3460. The smallest absolute Gasteiger partial charge is 0.162 e. The highest BCUT2D eigenvalue weighted by Crippen LogP contribution is 2.43. The van der Waals surface area contributed by atoms with E-state index in [9.17, 15) is 0 Å². The quantitative estimate of drug-likeness (QED) is 0.185. The number of benzene rings is 8. The maximum absolute atomic E-state index is 5.57. The number of hydrogen-bond donors (Lipinski definition) is 0. The fourth-order valence-corrected chi connectivity index (χ4v) is 9.60. The van der Waals surface area contributed by atoms with Crippen LogP contribution in [0.1, 0.15) is 0 Å². The van der Waals surface area contributed by atoms with Crippen molar-refractivity contribution < 1.29 is 0 Å². The van der Waals surface area contributed by atoms with E-state index in [1.807, 2.05) is 0 Å². The Morgan fingerprint density at radius 2 is 0.962 bits per heavy atom. The molecule has 0 amide bonds. The average molecular weight is 693 g/mol. The summed E-state index contributed by atoms with van der Waals surface area (Å²) in [5.41, 5.74) is 7.72. The third kappa shape index (κ3) is 4.17. The van der Waals surface area contributed by atoms with Gasteiger partial charge in [-0.3, -0.25) is 4.57 Å². The highest BCUT2D eigenvalue weighted by Gasteiger charge is 2.22. The van der Waals surface area contributed by atoms with Crippen molar-refractivity contribution in [1.82, 2.24) is 19.1 Å². The number of aromatic nitrogens is 4. The second kappa shape index (κ2) is 10.8. The highest BCUT2D eigenvalue weighted by atomic mass is 32.1. The first-order valence-corrected chi connectivity index (χ1v) is 18.7. The molecule has 12 aromatic rings. The topological polar surface area (TPSA) is 35.6 Å². The molecule has 0 bridgehead atoms. The van der Waals surface area contributed by atoms with Gasteiger partial charge in [0.2, 0.25) is 0 Å². The van der Waals surface area contributed by atoms with Gasteiger partial charge in [-0.05, 0) is 88.3 Å². The van der Waals surface area contributed by atoms with Crippen molar-refractivity contribution >= 4 is 96.8 Å². The van der Waals surface area contributed by atoms with E-state index in [0.717, 1.165) is 49.2 Å². The minimum Gasteiger partial charge on any atom is -0.309 e. The van der Waals surface area contributed by atoms with Crippen LogP contribution in [0.2, 0.25) is 0 Å². The Balaban J connectivity index is 1.20. The normalized spacial score (nSPS) is 12.2. The molecule has 0 unspecified atom stereocenters. The van der Waals surface area contributed by atoms with Crippen LogP contribution in [-0.2, 0) is 0 Å². The molecule has 4 heterocycles. The van der Waals surface area contributed by atoms with Crippen molar-refractivity contribution in [2.45, 2.75) is 0 Å². The van der Waals surface area contributed by atoms with E-state index in [2.05, 4.69) is 179 Å². The van der Waals surface area contributed by atoms with E-state index in [4.69, 9.17) is 9.97 Å². The fraction of sp³-hybridized carbons (Fsp3) is 0. The van der Waals surface area contributed by atoms with Crippen molar-refractivity contribution in [1.29, 1.82) is 0 Å². The zero-order valence-corrected chi connectivity index (χ0v) is 29.2. The first-order chi connectivity index (χ1) is 26.3. The molecular weight excluding hydrogens is 665 g/mol. The van der Waals surface area contributed by atoms with Gasteiger partial charge >= 0.3 is 0 Å². The third-order valence-electron chi connectivity index (χ3n) is 10.9. The molecule has 0 aliphatic carbocycles. The molecule has 0 saturated carbocycles. The molecular formula is C48H28N4S. The van der Waals surface area contributed by atoms with Crippen LogP contribution < -0.4 is 0 Å². The van der Waals surface area contributed by atoms with E-state index < -0.39 is 0 Å². The summed E-state index contributed by atoms with van der Waals surface area (Å²) in [5.74, 6) is 1.62. The largest absolute Gasteiger partial charge is 0.309 e. The number of thiophene rings is 1. The molecule has 0 N–H and O–H groups in total. The van der Waals surface area contributed by atoms with E-state index in [1.165, 1.54) is 53.3 Å². The Labute approximate surface area is 307 Å². The van der Waals surface area contributed by atoms with Crippen LogP contribution in [0.3, 0.4) is 0 Å². The molecule has 0 atom stereocenters. The molecule has 0 aliphatic rings. The van der Waals surface area contributed by atoms with E-state index in [1.54, 1.807) is 11.3 Å². The lowest BCUT2D eigenvalue weighted by Crippen LogP contribution is -2.01. The summed E-state index contributed by atoms with van der Waals surface area (Å²) in [6, 6.07) is 61.2. The Kier molecular flexibility index (Phi) is 5.90. The standard InChI is InChI=1S/C48H28N4S/c1-2-16-34(17-3-1)51-40-20-10-8-18-35(40)37-26-33(22-23-42(37)51)47-49-45-39-25-30-13-5-7-15-32(30)28-44(39)53-46(45)48(50-47)52-41-21-11-9-19-36(41)38-24-29-12-4-6-14-31(29)27-43(38)52/h1-28H. The van der Waals surface area contributed by atoms with Gasteiger partial charge < -0.3 is 4.57 Å². The summed E-state index contributed by atoms with van der Waals surface area (Å²) in [5, 5.41) is 10.8. The van der Waals surface area contributed by atoms with Gasteiger partial charge in [0, 0.05) is 42.9 Å². The number of fused-ring (bicyclic) bond motifs is 11. The third-order valence-corrected chi connectivity index (χ3v) is 12.0. The number of rotatable bonds is 3. The molecule has 246 valence electrons. The van der Waals surface area contributed by atoms with Gasteiger partial charge in [0.25, 0.3) is 0 Å². The molecule has 5 heteroatoms. The SMILES string of the molecule is c1ccc(-n2c3ccccc3c3cc(-c4nc(-n5c6ccccc6c6cc7ccccc7cc65)c5sc6cc7ccccc7cc6c5n4)ccc32)cc1. The lowest BCUT2D eigenvalue weighted by Gasteiger charge is -2.11. The van der Waals surface area contributed by atoms with Gasteiger partial charge in [-0.25, -0.2) is 9.97 Å². The van der Waals surface area contributed by atoms with Gasteiger partial charge in [-0.2, -0.15) is 0 Å². The van der Waals surface area contributed by atoms with Crippen LogP contribution in [0.5, 0.6) is 0 Å². The molecule has 12 rings (SSSR count). The Hall–Kier alpha value is -6.82. The molecule has 0 fully saturated rings. The maximum Gasteiger partial charge on any atom is 0.162 e. The summed E-state index contributed by atoms with van der Waals surface area (Å²) in [7, 11) is 0. The van der Waals surface area contributed by atoms with Gasteiger partial charge in [0.05, 0.1) is 32.3 Å². The zero-order valence-electron chi connectivity index (χ0n) is 28.4. The van der Waals surface area contributed by atoms with E-state index >= 15 is 0 Å². The van der Waals surface area contributed by atoms with Gasteiger partial charge in [-0.1, -0.05) is 103 Å². The van der Waals surface area contributed by atoms with Crippen molar-refractivity contribution in [2.24, 2.45) is 0 Å². The monoisotopic (exact) mass is 692 g/mol. The van der Waals surface area contributed by atoms with Crippen molar-refractivity contribution in [2.75, 3.05) is 0 Å². The van der Waals surface area contributed by atoms with Gasteiger partial charge in [0.15, 0.2) is 11.6 Å². The molecule has 8 aromatic carbocycles. The van der Waals surface area contributed by atoms with Gasteiger partial charge in [0.1, 0.15) is 0 Å². The lowest BCUT2D eigenvalue weighted by molar-refractivity contribution is 1.08. The predicted octanol–water partition coefficient (Wildman–Crippen LogP) is 13.0. The molecule has 0 saturated heterocycles.